The van der Waals surface area contributed by atoms with Crippen LogP contribution in [0.5, 0.6) is 0 Å². The molecule has 90 valence electrons. The third kappa shape index (κ3) is 2.89. The zero-order valence-electron chi connectivity index (χ0n) is 9.88. The molecule has 2 aromatic rings. The van der Waals surface area contributed by atoms with Crippen LogP contribution in [-0.2, 0) is 9.47 Å². The SMILES string of the molecule is COC(CNc1ncc2ccccc2n1)OC. The number of para-hydroxylation sites is 1. The van der Waals surface area contributed by atoms with E-state index in [0.29, 0.717) is 12.5 Å². The van der Waals surface area contributed by atoms with Crippen LogP contribution in [0.25, 0.3) is 10.9 Å². The van der Waals surface area contributed by atoms with Crippen LogP contribution in [0.4, 0.5) is 5.95 Å². The predicted molar refractivity (Wildman–Crippen MR) is 65.8 cm³/mol. The number of hydrogen-bond acceptors (Lipinski definition) is 5. The Balaban J connectivity index is 2.09. The summed E-state index contributed by atoms with van der Waals surface area (Å²) in [6.45, 7) is 0.505. The van der Waals surface area contributed by atoms with Crippen molar-refractivity contribution < 1.29 is 9.47 Å². The Bertz CT molecular complexity index is 486. The van der Waals surface area contributed by atoms with E-state index in [1.54, 1.807) is 20.4 Å². The Morgan fingerprint density at radius 1 is 1.24 bits per heavy atom. The highest BCUT2D eigenvalue weighted by Gasteiger charge is 2.05. The second-order valence-electron chi connectivity index (χ2n) is 3.53. The highest BCUT2D eigenvalue weighted by molar-refractivity contribution is 5.78. The fraction of sp³-hybridized carbons (Fsp3) is 0.333. The van der Waals surface area contributed by atoms with Gasteiger partial charge in [0.1, 0.15) is 0 Å². The van der Waals surface area contributed by atoms with Crippen LogP contribution in [0.2, 0.25) is 0 Å². The third-order valence-corrected chi connectivity index (χ3v) is 2.44. The van der Waals surface area contributed by atoms with Crippen LogP contribution in [0.15, 0.2) is 30.5 Å². The van der Waals surface area contributed by atoms with Gasteiger partial charge in [-0.05, 0) is 6.07 Å². The van der Waals surface area contributed by atoms with E-state index in [0.717, 1.165) is 10.9 Å². The molecule has 1 heterocycles. The third-order valence-electron chi connectivity index (χ3n) is 2.44. The van der Waals surface area contributed by atoms with Gasteiger partial charge < -0.3 is 14.8 Å². The van der Waals surface area contributed by atoms with Crippen molar-refractivity contribution in [3.8, 4) is 0 Å². The van der Waals surface area contributed by atoms with Crippen LogP contribution >= 0.6 is 0 Å². The molecular formula is C12H15N3O2. The second kappa shape index (κ2) is 5.56. The Morgan fingerprint density at radius 2 is 2.00 bits per heavy atom. The van der Waals surface area contributed by atoms with E-state index in [4.69, 9.17) is 9.47 Å². The molecule has 5 heteroatoms. The first kappa shape index (κ1) is 11.8. The topological polar surface area (TPSA) is 56.3 Å². The summed E-state index contributed by atoms with van der Waals surface area (Å²) in [6.07, 6.45) is 1.49. The largest absolute Gasteiger partial charge is 0.354 e. The fourth-order valence-electron chi connectivity index (χ4n) is 1.49. The molecule has 0 spiro atoms. The molecular weight excluding hydrogens is 218 g/mol. The van der Waals surface area contributed by atoms with Crippen molar-refractivity contribution in [3.05, 3.63) is 30.5 Å². The molecule has 0 radical (unpaired) electrons. The standard InChI is InChI=1S/C12H15N3O2/c1-16-11(17-2)8-14-12-13-7-9-5-3-4-6-10(9)15-12/h3-7,11H,8H2,1-2H3,(H,13,14,15). The van der Waals surface area contributed by atoms with Gasteiger partial charge in [-0.15, -0.1) is 0 Å². The minimum Gasteiger partial charge on any atom is -0.354 e. The molecule has 0 amide bonds. The zero-order chi connectivity index (χ0) is 12.1. The molecule has 1 aromatic heterocycles. The summed E-state index contributed by atoms with van der Waals surface area (Å²) in [4.78, 5) is 8.60. The van der Waals surface area contributed by atoms with Crippen molar-refractivity contribution >= 4 is 16.9 Å². The van der Waals surface area contributed by atoms with Gasteiger partial charge in [-0.2, -0.15) is 0 Å². The number of aromatic nitrogens is 2. The van der Waals surface area contributed by atoms with E-state index in [9.17, 15) is 0 Å². The van der Waals surface area contributed by atoms with E-state index < -0.39 is 0 Å². The lowest BCUT2D eigenvalue weighted by Crippen LogP contribution is -2.24. The molecule has 1 aromatic carbocycles. The molecule has 2 rings (SSSR count). The van der Waals surface area contributed by atoms with Crippen LogP contribution in [0.1, 0.15) is 0 Å². The highest BCUT2D eigenvalue weighted by atomic mass is 16.7. The van der Waals surface area contributed by atoms with Crippen LogP contribution < -0.4 is 5.32 Å². The molecule has 0 saturated carbocycles. The first-order valence-electron chi connectivity index (χ1n) is 5.34. The maximum atomic E-state index is 5.07. The molecule has 0 atom stereocenters. The minimum absolute atomic E-state index is 0.301. The molecule has 0 unspecified atom stereocenters. The average Bonchev–Trinajstić information content (AvgIpc) is 2.40. The molecule has 0 aliphatic heterocycles. The zero-order valence-corrected chi connectivity index (χ0v) is 9.88. The van der Waals surface area contributed by atoms with Crippen LogP contribution in [0.3, 0.4) is 0 Å². The van der Waals surface area contributed by atoms with Gasteiger partial charge in [0.25, 0.3) is 0 Å². The summed E-state index contributed by atoms with van der Waals surface area (Å²) in [5.74, 6) is 0.572. The lowest BCUT2D eigenvalue weighted by Gasteiger charge is -2.13. The average molecular weight is 233 g/mol. The van der Waals surface area contributed by atoms with Gasteiger partial charge in [0, 0.05) is 25.8 Å². The maximum Gasteiger partial charge on any atom is 0.223 e. The number of benzene rings is 1. The Labute approximate surface area is 99.8 Å². The van der Waals surface area contributed by atoms with E-state index in [2.05, 4.69) is 15.3 Å². The van der Waals surface area contributed by atoms with Crippen molar-refractivity contribution in [1.29, 1.82) is 0 Å². The number of fused-ring (bicyclic) bond motifs is 1. The molecule has 0 aliphatic rings. The smallest absolute Gasteiger partial charge is 0.223 e. The van der Waals surface area contributed by atoms with Crippen LogP contribution in [-0.4, -0.2) is 37.0 Å². The minimum atomic E-state index is -0.301. The van der Waals surface area contributed by atoms with Gasteiger partial charge in [0.15, 0.2) is 6.29 Å². The quantitative estimate of drug-likeness (QED) is 0.796. The first-order valence-corrected chi connectivity index (χ1v) is 5.34. The van der Waals surface area contributed by atoms with Crippen molar-refractivity contribution in [2.75, 3.05) is 26.1 Å². The Kier molecular flexibility index (Phi) is 3.85. The number of anilines is 1. The van der Waals surface area contributed by atoms with Gasteiger partial charge in [0.2, 0.25) is 5.95 Å². The Hall–Kier alpha value is -1.72. The lowest BCUT2D eigenvalue weighted by atomic mass is 10.2. The molecule has 0 saturated heterocycles. The van der Waals surface area contributed by atoms with Gasteiger partial charge in [-0.3, -0.25) is 0 Å². The normalized spacial score (nSPS) is 11.0. The van der Waals surface area contributed by atoms with Gasteiger partial charge >= 0.3 is 0 Å². The van der Waals surface area contributed by atoms with Gasteiger partial charge in [-0.1, -0.05) is 18.2 Å². The second-order valence-corrected chi connectivity index (χ2v) is 3.53. The number of ether oxygens (including phenoxy) is 2. The fourth-order valence-corrected chi connectivity index (χ4v) is 1.49. The lowest BCUT2D eigenvalue weighted by molar-refractivity contribution is -0.0914. The summed E-state index contributed by atoms with van der Waals surface area (Å²) >= 11 is 0. The van der Waals surface area contributed by atoms with Crippen molar-refractivity contribution in [1.82, 2.24) is 9.97 Å². The van der Waals surface area contributed by atoms with E-state index in [-0.39, 0.29) is 6.29 Å². The monoisotopic (exact) mass is 233 g/mol. The summed E-state index contributed by atoms with van der Waals surface area (Å²) in [5.41, 5.74) is 0.913. The van der Waals surface area contributed by atoms with E-state index >= 15 is 0 Å². The maximum absolute atomic E-state index is 5.07. The summed E-state index contributed by atoms with van der Waals surface area (Å²) in [6, 6.07) is 7.84. The summed E-state index contributed by atoms with van der Waals surface area (Å²) in [5, 5.41) is 4.09. The molecule has 5 nitrogen and oxygen atoms in total. The number of nitrogens with one attached hydrogen (secondary N) is 1. The van der Waals surface area contributed by atoms with E-state index in [1.165, 1.54) is 0 Å². The summed E-state index contributed by atoms with van der Waals surface area (Å²) in [7, 11) is 3.19. The van der Waals surface area contributed by atoms with E-state index in [1.807, 2.05) is 24.3 Å². The predicted octanol–water partition coefficient (Wildman–Crippen LogP) is 1.66. The summed E-state index contributed by atoms with van der Waals surface area (Å²) < 4.78 is 10.1. The molecule has 1 N–H and O–H groups in total. The number of hydrogen-bond donors (Lipinski definition) is 1. The molecule has 0 bridgehead atoms. The van der Waals surface area contributed by atoms with Crippen molar-refractivity contribution in [3.63, 3.8) is 0 Å². The first-order chi connectivity index (χ1) is 8.33. The highest BCUT2D eigenvalue weighted by Crippen LogP contribution is 2.11. The van der Waals surface area contributed by atoms with Gasteiger partial charge in [-0.25, -0.2) is 9.97 Å². The van der Waals surface area contributed by atoms with Crippen LogP contribution in [0, 0.1) is 0 Å². The molecule has 0 aliphatic carbocycles. The Morgan fingerprint density at radius 3 is 2.76 bits per heavy atom. The van der Waals surface area contributed by atoms with Crippen molar-refractivity contribution in [2.45, 2.75) is 6.29 Å². The number of rotatable bonds is 5. The molecule has 0 fully saturated rings. The van der Waals surface area contributed by atoms with Gasteiger partial charge in [0.05, 0.1) is 12.1 Å². The molecule has 17 heavy (non-hydrogen) atoms. The number of nitrogens with zero attached hydrogens (tertiary/aromatic N) is 2. The number of methoxy groups -OCH3 is 2. The van der Waals surface area contributed by atoms with Crippen molar-refractivity contribution in [2.24, 2.45) is 0 Å².